The molecule has 134 valence electrons. The van der Waals surface area contributed by atoms with Crippen molar-refractivity contribution in [1.82, 2.24) is 20.1 Å². The average Bonchev–Trinajstić information content (AvgIpc) is 3.14. The summed E-state index contributed by atoms with van der Waals surface area (Å²) in [5, 5.41) is 7.20. The molecule has 2 heterocycles. The zero-order chi connectivity index (χ0) is 18.5. The summed E-state index contributed by atoms with van der Waals surface area (Å²) in [6.45, 7) is 4.70. The van der Waals surface area contributed by atoms with Gasteiger partial charge in [-0.15, -0.1) is 0 Å². The molecule has 3 rings (SSSR count). The summed E-state index contributed by atoms with van der Waals surface area (Å²) < 4.78 is 1.86. The maximum Gasteiger partial charge on any atom is 0.251 e. The van der Waals surface area contributed by atoms with Crippen LogP contribution in [0.4, 0.5) is 5.82 Å². The monoisotopic (exact) mass is 349 g/mol. The number of aromatic nitrogens is 3. The highest BCUT2D eigenvalue weighted by molar-refractivity contribution is 5.94. The molecule has 2 aromatic heterocycles. The number of carbonyl (C=O) groups excluding carboxylic acids is 1. The molecule has 0 fully saturated rings. The molecule has 0 saturated carbocycles. The molecule has 0 bridgehead atoms. The van der Waals surface area contributed by atoms with Crippen LogP contribution in [0.3, 0.4) is 0 Å². The number of pyridine rings is 1. The van der Waals surface area contributed by atoms with Crippen molar-refractivity contribution in [3.63, 3.8) is 0 Å². The minimum Gasteiger partial charge on any atom is -0.384 e. The van der Waals surface area contributed by atoms with Crippen LogP contribution in [-0.2, 0) is 6.54 Å². The van der Waals surface area contributed by atoms with Crippen LogP contribution in [0.25, 0.3) is 11.1 Å². The number of nitrogens with two attached hydrogens (primary N) is 1. The third kappa shape index (κ3) is 4.27. The molecule has 0 aliphatic carbocycles. The first-order chi connectivity index (χ1) is 12.5. The Morgan fingerprint density at radius 3 is 2.65 bits per heavy atom. The van der Waals surface area contributed by atoms with Crippen molar-refractivity contribution < 1.29 is 4.79 Å². The molecule has 3 N–H and O–H groups in total. The lowest BCUT2D eigenvalue weighted by Crippen LogP contribution is -2.33. The Morgan fingerprint density at radius 1 is 1.23 bits per heavy atom. The zero-order valence-corrected chi connectivity index (χ0v) is 15.0. The minimum absolute atomic E-state index is 0.0647. The van der Waals surface area contributed by atoms with Gasteiger partial charge in [-0.05, 0) is 56.2 Å². The van der Waals surface area contributed by atoms with Crippen molar-refractivity contribution in [2.45, 2.75) is 32.9 Å². The standard InChI is InChI=1S/C20H23N5O/c1-14(10-13-25-12-3-11-22-25)23-20(26)17-6-4-16(5-7-17)18-8-9-19(21)24-15(18)2/h3-9,11-12,14H,10,13H2,1-2H3,(H2,21,24)(H,23,26). The summed E-state index contributed by atoms with van der Waals surface area (Å²) in [7, 11) is 0. The summed E-state index contributed by atoms with van der Waals surface area (Å²) in [4.78, 5) is 16.7. The average molecular weight is 349 g/mol. The van der Waals surface area contributed by atoms with Crippen LogP contribution in [0.15, 0.2) is 54.9 Å². The molecule has 6 heteroatoms. The molecule has 1 atom stereocenters. The molecule has 0 aliphatic heterocycles. The maximum absolute atomic E-state index is 12.4. The smallest absolute Gasteiger partial charge is 0.251 e. The number of aryl methyl sites for hydroxylation is 2. The number of carbonyl (C=O) groups is 1. The van der Waals surface area contributed by atoms with Crippen LogP contribution in [0.1, 0.15) is 29.4 Å². The van der Waals surface area contributed by atoms with Gasteiger partial charge in [-0.1, -0.05) is 12.1 Å². The van der Waals surface area contributed by atoms with Crippen molar-refractivity contribution in [2.24, 2.45) is 0 Å². The molecule has 3 aromatic rings. The van der Waals surface area contributed by atoms with Gasteiger partial charge in [0, 0.05) is 41.8 Å². The first-order valence-corrected chi connectivity index (χ1v) is 8.65. The Hall–Kier alpha value is -3.15. The Balaban J connectivity index is 1.61. The van der Waals surface area contributed by atoms with Crippen molar-refractivity contribution in [3.8, 4) is 11.1 Å². The molecule has 1 unspecified atom stereocenters. The number of nitrogens with zero attached hydrogens (tertiary/aromatic N) is 3. The van der Waals surface area contributed by atoms with Crippen molar-refractivity contribution in [3.05, 3.63) is 66.1 Å². The molecule has 0 spiro atoms. The van der Waals surface area contributed by atoms with E-state index in [1.807, 2.05) is 61.1 Å². The van der Waals surface area contributed by atoms with Crippen molar-refractivity contribution >= 4 is 11.7 Å². The molecule has 0 aliphatic rings. The lowest BCUT2D eigenvalue weighted by molar-refractivity contribution is 0.0937. The van der Waals surface area contributed by atoms with Crippen molar-refractivity contribution in [2.75, 3.05) is 5.73 Å². The van der Waals surface area contributed by atoms with Crippen LogP contribution in [-0.4, -0.2) is 26.7 Å². The fraction of sp³-hybridized carbons (Fsp3) is 0.250. The van der Waals surface area contributed by atoms with E-state index in [1.54, 1.807) is 12.3 Å². The van der Waals surface area contributed by atoms with Crippen LogP contribution in [0.2, 0.25) is 0 Å². The number of benzene rings is 1. The third-order valence-electron chi connectivity index (χ3n) is 4.29. The SMILES string of the molecule is Cc1nc(N)ccc1-c1ccc(C(=O)NC(C)CCn2cccn2)cc1. The van der Waals surface area contributed by atoms with E-state index in [1.165, 1.54) is 0 Å². The van der Waals surface area contributed by atoms with Gasteiger partial charge in [-0.25, -0.2) is 4.98 Å². The van der Waals surface area contributed by atoms with E-state index in [-0.39, 0.29) is 11.9 Å². The summed E-state index contributed by atoms with van der Waals surface area (Å²) in [5.41, 5.74) is 9.24. The van der Waals surface area contributed by atoms with Gasteiger partial charge in [0.2, 0.25) is 0 Å². The fourth-order valence-corrected chi connectivity index (χ4v) is 2.82. The first-order valence-electron chi connectivity index (χ1n) is 8.65. The number of nitrogen functional groups attached to an aromatic ring is 1. The van der Waals surface area contributed by atoms with Gasteiger partial charge in [0.1, 0.15) is 5.82 Å². The van der Waals surface area contributed by atoms with Gasteiger partial charge in [-0.2, -0.15) is 5.10 Å². The highest BCUT2D eigenvalue weighted by Crippen LogP contribution is 2.23. The van der Waals surface area contributed by atoms with E-state index in [2.05, 4.69) is 15.4 Å². The number of rotatable bonds is 6. The second-order valence-electron chi connectivity index (χ2n) is 6.38. The molecule has 1 aromatic carbocycles. The molecule has 0 saturated heterocycles. The minimum atomic E-state index is -0.0725. The van der Waals surface area contributed by atoms with Crippen LogP contribution in [0, 0.1) is 6.92 Å². The lowest BCUT2D eigenvalue weighted by atomic mass is 10.0. The summed E-state index contributed by atoms with van der Waals surface area (Å²) in [6.07, 6.45) is 4.49. The highest BCUT2D eigenvalue weighted by atomic mass is 16.1. The summed E-state index contributed by atoms with van der Waals surface area (Å²) in [5.74, 6) is 0.433. The molecule has 6 nitrogen and oxygen atoms in total. The third-order valence-corrected chi connectivity index (χ3v) is 4.29. The maximum atomic E-state index is 12.4. The number of hydrogen-bond donors (Lipinski definition) is 2. The largest absolute Gasteiger partial charge is 0.384 e. The summed E-state index contributed by atoms with van der Waals surface area (Å²) >= 11 is 0. The number of anilines is 1. The lowest BCUT2D eigenvalue weighted by Gasteiger charge is -2.14. The first kappa shape index (κ1) is 17.7. The zero-order valence-electron chi connectivity index (χ0n) is 15.0. The van der Waals surface area contributed by atoms with E-state index in [0.29, 0.717) is 11.4 Å². The van der Waals surface area contributed by atoms with Crippen LogP contribution >= 0.6 is 0 Å². The van der Waals surface area contributed by atoms with Gasteiger partial charge in [0.05, 0.1) is 0 Å². The Kier molecular flexibility index (Phi) is 5.31. The second-order valence-corrected chi connectivity index (χ2v) is 6.38. The molecule has 1 amide bonds. The van der Waals surface area contributed by atoms with Gasteiger partial charge >= 0.3 is 0 Å². The normalized spacial score (nSPS) is 11.9. The quantitative estimate of drug-likeness (QED) is 0.716. The Morgan fingerprint density at radius 2 is 2.00 bits per heavy atom. The van der Waals surface area contributed by atoms with E-state index in [0.717, 1.165) is 29.8 Å². The van der Waals surface area contributed by atoms with Gasteiger partial charge < -0.3 is 11.1 Å². The predicted octanol–water partition coefficient (Wildman–Crippen LogP) is 3.04. The number of nitrogens with one attached hydrogen (secondary N) is 1. The highest BCUT2D eigenvalue weighted by Gasteiger charge is 2.11. The number of amides is 1. The topological polar surface area (TPSA) is 85.8 Å². The fourth-order valence-electron chi connectivity index (χ4n) is 2.82. The predicted molar refractivity (Wildman–Crippen MR) is 103 cm³/mol. The molecule has 26 heavy (non-hydrogen) atoms. The van der Waals surface area contributed by atoms with E-state index < -0.39 is 0 Å². The Labute approximate surface area is 153 Å². The van der Waals surface area contributed by atoms with E-state index in [4.69, 9.17) is 5.73 Å². The molecular weight excluding hydrogens is 326 g/mol. The van der Waals surface area contributed by atoms with Crippen LogP contribution < -0.4 is 11.1 Å². The molecule has 0 radical (unpaired) electrons. The number of hydrogen-bond acceptors (Lipinski definition) is 4. The van der Waals surface area contributed by atoms with E-state index >= 15 is 0 Å². The van der Waals surface area contributed by atoms with Crippen LogP contribution in [0.5, 0.6) is 0 Å². The molecular formula is C20H23N5O. The van der Waals surface area contributed by atoms with Gasteiger partial charge in [0.15, 0.2) is 0 Å². The van der Waals surface area contributed by atoms with Crippen molar-refractivity contribution in [1.29, 1.82) is 0 Å². The second kappa shape index (κ2) is 7.82. The summed E-state index contributed by atoms with van der Waals surface area (Å²) in [6, 6.07) is 13.2. The van der Waals surface area contributed by atoms with Gasteiger partial charge in [-0.3, -0.25) is 9.48 Å². The van der Waals surface area contributed by atoms with Gasteiger partial charge in [0.25, 0.3) is 5.91 Å². The van der Waals surface area contributed by atoms with E-state index in [9.17, 15) is 4.79 Å². The Bertz CT molecular complexity index is 872.